The number of amides is 2. The van der Waals surface area contributed by atoms with Gasteiger partial charge >= 0.3 is 6.03 Å². The van der Waals surface area contributed by atoms with Crippen LogP contribution in [0, 0.1) is 12.8 Å². The van der Waals surface area contributed by atoms with Crippen molar-refractivity contribution in [3.05, 3.63) is 40.9 Å². The normalized spacial score (nSPS) is 17.2. The Kier molecular flexibility index (Phi) is 5.25. The van der Waals surface area contributed by atoms with Crippen LogP contribution in [0.2, 0.25) is 0 Å². The first-order valence-corrected chi connectivity index (χ1v) is 8.65. The fourth-order valence-corrected chi connectivity index (χ4v) is 3.51. The molecule has 1 fully saturated rings. The molecular weight excluding hydrogens is 310 g/mol. The van der Waals surface area contributed by atoms with Crippen molar-refractivity contribution < 1.29 is 9.53 Å². The largest absolute Gasteiger partial charge is 0.381 e. The van der Waals surface area contributed by atoms with Gasteiger partial charge in [-0.05, 0) is 13.3 Å². The zero-order valence-electron chi connectivity index (χ0n) is 13.2. The van der Waals surface area contributed by atoms with Gasteiger partial charge in [-0.25, -0.2) is 9.78 Å². The maximum Gasteiger partial charge on any atom is 0.315 e. The first-order valence-electron chi connectivity index (χ1n) is 7.83. The number of carbonyl (C=O) groups excluding carboxylic acids is 1. The molecule has 1 saturated heterocycles. The molecule has 122 valence electrons. The number of carbonyl (C=O) groups is 1. The number of urea groups is 1. The lowest BCUT2D eigenvalue weighted by atomic mass is 10.1. The summed E-state index contributed by atoms with van der Waals surface area (Å²) in [5, 5.41) is 6.80. The van der Waals surface area contributed by atoms with Gasteiger partial charge in [-0.15, -0.1) is 11.3 Å². The highest BCUT2D eigenvalue weighted by Gasteiger charge is 2.16. The van der Waals surface area contributed by atoms with Crippen LogP contribution in [0.4, 0.5) is 4.79 Å². The number of rotatable bonds is 5. The molecule has 0 unspecified atom stereocenters. The third-order valence-corrected chi connectivity index (χ3v) is 5.10. The number of hydrogen-bond acceptors (Lipinski definition) is 4. The number of thiazole rings is 1. The molecular formula is C17H21N3O2S. The number of aryl methyl sites for hydroxylation is 1. The highest BCUT2D eigenvalue weighted by molar-refractivity contribution is 7.15. The zero-order valence-corrected chi connectivity index (χ0v) is 14.0. The molecule has 3 rings (SSSR count). The van der Waals surface area contributed by atoms with Gasteiger partial charge in [-0.1, -0.05) is 30.3 Å². The number of benzene rings is 1. The number of aromatic nitrogens is 1. The highest BCUT2D eigenvalue weighted by atomic mass is 32.1. The van der Waals surface area contributed by atoms with Crippen LogP contribution >= 0.6 is 11.3 Å². The fourth-order valence-electron chi connectivity index (χ4n) is 2.50. The van der Waals surface area contributed by atoms with Crippen molar-refractivity contribution in [1.82, 2.24) is 15.6 Å². The van der Waals surface area contributed by atoms with E-state index in [1.165, 1.54) is 0 Å². The van der Waals surface area contributed by atoms with E-state index >= 15 is 0 Å². The second-order valence-electron chi connectivity index (χ2n) is 5.69. The van der Waals surface area contributed by atoms with Crippen molar-refractivity contribution in [2.24, 2.45) is 5.92 Å². The average Bonchev–Trinajstić information content (AvgIpc) is 3.21. The molecule has 6 heteroatoms. The second-order valence-corrected chi connectivity index (χ2v) is 6.77. The molecule has 0 spiro atoms. The Morgan fingerprint density at radius 2 is 2.17 bits per heavy atom. The van der Waals surface area contributed by atoms with Crippen molar-refractivity contribution in [1.29, 1.82) is 0 Å². The van der Waals surface area contributed by atoms with E-state index in [1.54, 1.807) is 11.3 Å². The van der Waals surface area contributed by atoms with Crippen molar-refractivity contribution in [3.63, 3.8) is 0 Å². The summed E-state index contributed by atoms with van der Waals surface area (Å²) in [6.45, 7) is 4.70. The Hall–Kier alpha value is -1.92. The van der Waals surface area contributed by atoms with Gasteiger partial charge < -0.3 is 15.4 Å². The lowest BCUT2D eigenvalue weighted by Gasteiger charge is -2.10. The maximum absolute atomic E-state index is 11.9. The molecule has 1 atom stereocenters. The van der Waals surface area contributed by atoms with Crippen molar-refractivity contribution in [3.8, 4) is 10.6 Å². The first-order chi connectivity index (χ1) is 11.2. The van der Waals surface area contributed by atoms with E-state index in [9.17, 15) is 4.79 Å². The molecule has 2 amide bonds. The zero-order chi connectivity index (χ0) is 16.1. The smallest absolute Gasteiger partial charge is 0.315 e. The average molecular weight is 331 g/mol. The van der Waals surface area contributed by atoms with E-state index in [4.69, 9.17) is 4.74 Å². The highest BCUT2D eigenvalue weighted by Crippen LogP contribution is 2.27. The topological polar surface area (TPSA) is 63.2 Å². The lowest BCUT2D eigenvalue weighted by molar-refractivity contribution is 0.185. The van der Waals surface area contributed by atoms with Crippen LogP contribution < -0.4 is 10.6 Å². The molecule has 0 bridgehead atoms. The van der Waals surface area contributed by atoms with E-state index in [2.05, 4.69) is 15.6 Å². The van der Waals surface area contributed by atoms with Crippen LogP contribution in [-0.2, 0) is 11.3 Å². The summed E-state index contributed by atoms with van der Waals surface area (Å²) in [4.78, 5) is 17.6. The van der Waals surface area contributed by atoms with Crippen LogP contribution in [0.25, 0.3) is 10.6 Å². The SMILES string of the molecule is Cc1nc(-c2ccccc2)sc1CNC(=O)NC[C@H]1CCOC1. The molecule has 1 aromatic carbocycles. The predicted molar refractivity (Wildman–Crippen MR) is 91.5 cm³/mol. The molecule has 1 aliphatic heterocycles. The van der Waals surface area contributed by atoms with E-state index in [-0.39, 0.29) is 6.03 Å². The first kappa shape index (κ1) is 16.0. The third-order valence-electron chi connectivity index (χ3n) is 3.90. The molecule has 2 heterocycles. The van der Waals surface area contributed by atoms with E-state index < -0.39 is 0 Å². The fraction of sp³-hybridized carbons (Fsp3) is 0.412. The van der Waals surface area contributed by atoms with E-state index in [1.807, 2.05) is 37.3 Å². The quantitative estimate of drug-likeness (QED) is 0.885. The van der Waals surface area contributed by atoms with Gasteiger partial charge in [0.1, 0.15) is 5.01 Å². The third kappa shape index (κ3) is 4.30. The van der Waals surface area contributed by atoms with E-state index in [0.717, 1.165) is 40.8 Å². The minimum absolute atomic E-state index is 0.133. The predicted octanol–water partition coefficient (Wildman–Crippen LogP) is 2.95. The minimum Gasteiger partial charge on any atom is -0.381 e. The summed E-state index contributed by atoms with van der Waals surface area (Å²) in [5.74, 6) is 0.440. The van der Waals surface area contributed by atoms with Crippen LogP contribution in [0.3, 0.4) is 0 Å². The minimum atomic E-state index is -0.133. The Balaban J connectivity index is 1.52. The van der Waals surface area contributed by atoms with Gasteiger partial charge in [0.05, 0.1) is 18.8 Å². The Labute approximate surface area is 140 Å². The lowest BCUT2D eigenvalue weighted by Crippen LogP contribution is -2.38. The molecule has 5 nitrogen and oxygen atoms in total. The van der Waals surface area contributed by atoms with Crippen molar-refractivity contribution >= 4 is 17.4 Å². The number of nitrogens with zero attached hydrogens (tertiary/aromatic N) is 1. The van der Waals surface area contributed by atoms with E-state index in [0.29, 0.717) is 19.0 Å². The molecule has 2 aromatic rings. The summed E-state index contributed by atoms with van der Waals surface area (Å²) in [6, 6.07) is 9.96. The molecule has 2 N–H and O–H groups in total. The second kappa shape index (κ2) is 7.57. The number of nitrogens with one attached hydrogen (secondary N) is 2. The monoisotopic (exact) mass is 331 g/mol. The Morgan fingerprint density at radius 3 is 2.91 bits per heavy atom. The molecule has 0 saturated carbocycles. The summed E-state index contributed by atoms with van der Waals surface area (Å²) in [7, 11) is 0. The van der Waals surface area contributed by atoms with Crippen LogP contribution in [0.5, 0.6) is 0 Å². The molecule has 23 heavy (non-hydrogen) atoms. The number of hydrogen-bond donors (Lipinski definition) is 2. The van der Waals surface area contributed by atoms with Gasteiger partial charge in [0.25, 0.3) is 0 Å². The van der Waals surface area contributed by atoms with Crippen LogP contribution in [-0.4, -0.2) is 30.8 Å². The van der Waals surface area contributed by atoms with Crippen molar-refractivity contribution in [2.45, 2.75) is 19.9 Å². The van der Waals surface area contributed by atoms with Gasteiger partial charge in [0.2, 0.25) is 0 Å². The number of ether oxygens (including phenoxy) is 1. The van der Waals surface area contributed by atoms with Crippen LogP contribution in [0.15, 0.2) is 30.3 Å². The van der Waals surface area contributed by atoms with Gasteiger partial charge in [-0.2, -0.15) is 0 Å². The summed E-state index contributed by atoms with van der Waals surface area (Å²) < 4.78 is 5.30. The Morgan fingerprint density at radius 1 is 1.35 bits per heavy atom. The van der Waals surface area contributed by atoms with Crippen LogP contribution in [0.1, 0.15) is 17.0 Å². The van der Waals surface area contributed by atoms with Gasteiger partial charge in [0, 0.05) is 29.5 Å². The Bertz CT molecular complexity index is 651. The van der Waals surface area contributed by atoms with Gasteiger partial charge in [-0.3, -0.25) is 0 Å². The standard InChI is InChI=1S/C17H21N3O2S/c1-12-15(23-16(20-12)14-5-3-2-4-6-14)10-19-17(21)18-9-13-7-8-22-11-13/h2-6,13H,7-11H2,1H3,(H2,18,19,21)/t13-/m1/s1. The summed E-state index contributed by atoms with van der Waals surface area (Å²) >= 11 is 1.62. The maximum atomic E-state index is 11.9. The molecule has 0 radical (unpaired) electrons. The molecule has 1 aliphatic rings. The van der Waals surface area contributed by atoms with Crippen molar-refractivity contribution in [2.75, 3.05) is 19.8 Å². The molecule has 1 aromatic heterocycles. The van der Waals surface area contributed by atoms with Gasteiger partial charge in [0.15, 0.2) is 0 Å². The molecule has 0 aliphatic carbocycles. The summed E-state index contributed by atoms with van der Waals surface area (Å²) in [5.41, 5.74) is 2.08. The summed E-state index contributed by atoms with van der Waals surface area (Å²) in [6.07, 6.45) is 1.02.